The van der Waals surface area contributed by atoms with Crippen LogP contribution in [-0.4, -0.2) is 31.2 Å². The molecule has 0 aromatic rings. The van der Waals surface area contributed by atoms with Crippen molar-refractivity contribution in [3.63, 3.8) is 0 Å². The first-order valence-corrected chi connectivity index (χ1v) is 6.59. The molecule has 1 aliphatic heterocycles. The third-order valence-corrected chi connectivity index (χ3v) is 4.20. The predicted octanol–water partition coefficient (Wildman–Crippen LogP) is 0.836. The van der Waals surface area contributed by atoms with Crippen molar-refractivity contribution in [2.24, 2.45) is 11.8 Å². The number of carbonyl (C=O) groups excluding carboxylic acids is 1. The number of urea groups is 1. The van der Waals surface area contributed by atoms with Crippen LogP contribution in [-0.2, 0) is 0 Å². The first-order valence-electron chi connectivity index (χ1n) is 6.59. The molecule has 3 atom stereocenters. The van der Waals surface area contributed by atoms with E-state index in [4.69, 9.17) is 0 Å². The first kappa shape index (κ1) is 10.4. The van der Waals surface area contributed by atoms with Crippen molar-refractivity contribution in [2.75, 3.05) is 13.1 Å². The van der Waals surface area contributed by atoms with Gasteiger partial charge in [0.15, 0.2) is 0 Å². The van der Waals surface area contributed by atoms with Gasteiger partial charge in [0.25, 0.3) is 0 Å². The molecule has 1 heterocycles. The summed E-state index contributed by atoms with van der Waals surface area (Å²) in [7, 11) is 0. The van der Waals surface area contributed by atoms with Gasteiger partial charge >= 0.3 is 6.03 Å². The fourth-order valence-electron chi connectivity index (χ4n) is 3.07. The van der Waals surface area contributed by atoms with E-state index in [0.29, 0.717) is 12.1 Å². The van der Waals surface area contributed by atoms with Crippen molar-refractivity contribution in [1.29, 1.82) is 0 Å². The summed E-state index contributed by atoms with van der Waals surface area (Å²) in [6, 6.07) is 0.918. The molecule has 90 valence electrons. The summed E-state index contributed by atoms with van der Waals surface area (Å²) in [5.74, 6) is 1.66. The van der Waals surface area contributed by atoms with Crippen LogP contribution in [0.5, 0.6) is 0 Å². The molecule has 0 bridgehead atoms. The van der Waals surface area contributed by atoms with Gasteiger partial charge < -0.3 is 16.0 Å². The predicted molar refractivity (Wildman–Crippen MR) is 62.2 cm³/mol. The summed E-state index contributed by atoms with van der Waals surface area (Å²) in [6.07, 6.45) is 5.90. The van der Waals surface area contributed by atoms with Gasteiger partial charge in [-0.1, -0.05) is 0 Å². The molecule has 0 aromatic carbocycles. The highest BCUT2D eigenvalue weighted by molar-refractivity contribution is 5.74. The molecule has 0 spiro atoms. The summed E-state index contributed by atoms with van der Waals surface area (Å²) < 4.78 is 0. The minimum atomic E-state index is 0.0527. The summed E-state index contributed by atoms with van der Waals surface area (Å²) in [5.41, 5.74) is 0. The highest BCUT2D eigenvalue weighted by atomic mass is 16.2. The molecule has 2 aliphatic carbocycles. The number of hydrogen-bond donors (Lipinski definition) is 3. The van der Waals surface area contributed by atoms with Gasteiger partial charge in [0, 0.05) is 12.1 Å². The number of amides is 2. The fourth-order valence-corrected chi connectivity index (χ4v) is 3.07. The van der Waals surface area contributed by atoms with E-state index in [1.165, 1.54) is 13.0 Å². The third-order valence-electron chi connectivity index (χ3n) is 4.20. The number of fused-ring (bicyclic) bond motifs is 1. The van der Waals surface area contributed by atoms with Crippen molar-refractivity contribution < 1.29 is 4.79 Å². The second-order valence-corrected chi connectivity index (χ2v) is 5.58. The Labute approximate surface area is 96.5 Å². The van der Waals surface area contributed by atoms with Crippen molar-refractivity contribution in [3.8, 4) is 0 Å². The van der Waals surface area contributed by atoms with Crippen LogP contribution in [0, 0.1) is 11.8 Å². The maximum atomic E-state index is 11.6. The van der Waals surface area contributed by atoms with E-state index in [0.717, 1.165) is 44.1 Å². The molecule has 16 heavy (non-hydrogen) atoms. The zero-order valence-electron chi connectivity index (χ0n) is 9.67. The average Bonchev–Trinajstić information content (AvgIpc) is 2.95. The molecule has 0 radical (unpaired) electrons. The standard InChI is InChI=1S/C12H21N3O/c16-12(14-10-3-4-10)15-11-2-1-8-6-13-7-9(8)5-11/h8-11,13H,1-7H2,(H2,14,15,16)/t8-,9+,11?/m0/s1. The van der Waals surface area contributed by atoms with E-state index in [1.807, 2.05) is 0 Å². The van der Waals surface area contributed by atoms with Gasteiger partial charge in [0.2, 0.25) is 0 Å². The van der Waals surface area contributed by atoms with E-state index >= 15 is 0 Å². The van der Waals surface area contributed by atoms with Crippen LogP contribution < -0.4 is 16.0 Å². The fraction of sp³-hybridized carbons (Fsp3) is 0.917. The Balaban J connectivity index is 1.46. The van der Waals surface area contributed by atoms with E-state index < -0.39 is 0 Å². The SMILES string of the molecule is O=C(NC1CC1)NC1CC[C@H]2CNC[C@H]2C1. The molecule has 0 aromatic heterocycles. The molecular weight excluding hydrogens is 202 g/mol. The summed E-state index contributed by atoms with van der Waals surface area (Å²) in [5, 5.41) is 9.57. The largest absolute Gasteiger partial charge is 0.335 e. The van der Waals surface area contributed by atoms with Crippen molar-refractivity contribution in [1.82, 2.24) is 16.0 Å². The summed E-state index contributed by atoms with van der Waals surface area (Å²) >= 11 is 0. The Bertz CT molecular complexity index is 277. The Morgan fingerprint density at radius 3 is 2.44 bits per heavy atom. The van der Waals surface area contributed by atoms with Crippen LogP contribution in [0.25, 0.3) is 0 Å². The lowest BCUT2D eigenvalue weighted by Gasteiger charge is -2.31. The van der Waals surface area contributed by atoms with E-state index in [2.05, 4.69) is 16.0 Å². The molecule has 2 saturated carbocycles. The zero-order valence-corrected chi connectivity index (χ0v) is 9.67. The van der Waals surface area contributed by atoms with Gasteiger partial charge in [0.1, 0.15) is 0 Å². The van der Waals surface area contributed by atoms with Gasteiger partial charge in [0.05, 0.1) is 0 Å². The molecule has 3 N–H and O–H groups in total. The van der Waals surface area contributed by atoms with Crippen LogP contribution in [0.3, 0.4) is 0 Å². The van der Waals surface area contributed by atoms with Gasteiger partial charge in [-0.15, -0.1) is 0 Å². The first-order chi connectivity index (χ1) is 7.81. The smallest absolute Gasteiger partial charge is 0.315 e. The molecular formula is C12H21N3O. The summed E-state index contributed by atoms with van der Waals surface area (Å²) in [4.78, 5) is 11.6. The van der Waals surface area contributed by atoms with Crippen molar-refractivity contribution >= 4 is 6.03 Å². The molecule has 3 fully saturated rings. The lowest BCUT2D eigenvalue weighted by Crippen LogP contribution is -2.46. The maximum absolute atomic E-state index is 11.6. The Hall–Kier alpha value is -0.770. The van der Waals surface area contributed by atoms with Gasteiger partial charge in [-0.2, -0.15) is 0 Å². The topological polar surface area (TPSA) is 53.2 Å². The lowest BCUT2D eigenvalue weighted by molar-refractivity contribution is 0.215. The Kier molecular flexibility index (Phi) is 2.75. The van der Waals surface area contributed by atoms with Crippen LogP contribution in [0.4, 0.5) is 4.79 Å². The second kappa shape index (κ2) is 4.24. The number of rotatable bonds is 2. The van der Waals surface area contributed by atoms with E-state index in [-0.39, 0.29) is 6.03 Å². The quantitative estimate of drug-likeness (QED) is 0.649. The number of hydrogen-bond acceptors (Lipinski definition) is 2. The molecule has 3 rings (SSSR count). The van der Waals surface area contributed by atoms with Gasteiger partial charge in [-0.05, 0) is 57.0 Å². The molecule has 4 heteroatoms. The zero-order chi connectivity index (χ0) is 11.0. The molecule has 3 aliphatic rings. The average molecular weight is 223 g/mol. The Morgan fingerprint density at radius 2 is 1.62 bits per heavy atom. The van der Waals surface area contributed by atoms with Crippen LogP contribution in [0.15, 0.2) is 0 Å². The number of nitrogens with one attached hydrogen (secondary N) is 3. The van der Waals surface area contributed by atoms with Crippen LogP contribution in [0.2, 0.25) is 0 Å². The molecule has 2 amide bonds. The maximum Gasteiger partial charge on any atom is 0.315 e. The minimum Gasteiger partial charge on any atom is -0.335 e. The molecule has 4 nitrogen and oxygen atoms in total. The lowest BCUT2D eigenvalue weighted by atomic mass is 9.79. The van der Waals surface area contributed by atoms with Gasteiger partial charge in [-0.3, -0.25) is 0 Å². The summed E-state index contributed by atoms with van der Waals surface area (Å²) in [6.45, 7) is 2.33. The van der Waals surface area contributed by atoms with E-state index in [9.17, 15) is 4.79 Å². The van der Waals surface area contributed by atoms with E-state index in [1.54, 1.807) is 0 Å². The second-order valence-electron chi connectivity index (χ2n) is 5.58. The van der Waals surface area contributed by atoms with Gasteiger partial charge in [-0.25, -0.2) is 4.79 Å². The monoisotopic (exact) mass is 223 g/mol. The van der Waals surface area contributed by atoms with Crippen LogP contribution >= 0.6 is 0 Å². The highest BCUT2D eigenvalue weighted by Crippen LogP contribution is 2.32. The molecule has 1 unspecified atom stereocenters. The Morgan fingerprint density at radius 1 is 0.938 bits per heavy atom. The normalized spacial score (nSPS) is 37.9. The molecule has 1 saturated heterocycles. The van der Waals surface area contributed by atoms with Crippen molar-refractivity contribution in [2.45, 2.75) is 44.2 Å². The number of carbonyl (C=O) groups is 1. The minimum absolute atomic E-state index is 0.0527. The highest BCUT2D eigenvalue weighted by Gasteiger charge is 2.34. The third kappa shape index (κ3) is 2.32. The van der Waals surface area contributed by atoms with Crippen molar-refractivity contribution in [3.05, 3.63) is 0 Å². The van der Waals surface area contributed by atoms with Crippen LogP contribution in [0.1, 0.15) is 32.1 Å².